The number of nitrogens with one attached hydrogen (secondary N) is 2. The number of hydrogen-bond acceptors (Lipinski definition) is 3. The molecule has 1 aliphatic rings. The first-order valence-corrected chi connectivity index (χ1v) is 10.8. The van der Waals surface area contributed by atoms with Crippen LogP contribution < -0.4 is 10.6 Å². The van der Waals surface area contributed by atoms with Crippen LogP contribution in [0.1, 0.15) is 46.5 Å². The smallest absolute Gasteiger partial charge is 0.191 e. The number of nitrogens with zero attached hydrogens (tertiary/aromatic N) is 2. The summed E-state index contributed by atoms with van der Waals surface area (Å²) in [4.78, 5) is 7.34. The maximum absolute atomic E-state index is 4.72. The molecule has 0 aromatic heterocycles. The maximum atomic E-state index is 4.72. The Kier molecular flexibility index (Phi) is 15.8. The lowest BCUT2D eigenvalue weighted by Gasteiger charge is -2.34. The Hall–Kier alpha value is 0.310. The van der Waals surface area contributed by atoms with Crippen molar-refractivity contribution in [2.45, 2.75) is 46.5 Å². The summed E-state index contributed by atoms with van der Waals surface area (Å²) in [5.74, 6) is 3.93. The van der Waals surface area contributed by atoms with Gasteiger partial charge in [0.05, 0.1) is 0 Å². The fourth-order valence-corrected chi connectivity index (χ4v) is 3.87. The zero-order valence-electron chi connectivity index (χ0n) is 16.1. The molecule has 0 aromatic carbocycles. The molecular weight excluding hydrogens is 431 g/mol. The molecule has 1 heterocycles. The number of likely N-dealkylation sites (tertiary alicyclic amines) is 1. The van der Waals surface area contributed by atoms with E-state index in [1.165, 1.54) is 44.6 Å². The molecule has 6 heteroatoms. The Morgan fingerprint density at radius 2 is 1.83 bits per heavy atom. The van der Waals surface area contributed by atoms with Gasteiger partial charge in [-0.2, -0.15) is 11.8 Å². The van der Waals surface area contributed by atoms with Gasteiger partial charge < -0.3 is 15.5 Å². The average Bonchev–Trinajstić information content (AvgIpc) is 2.50. The van der Waals surface area contributed by atoms with Crippen molar-refractivity contribution >= 4 is 41.7 Å². The molecule has 0 aliphatic carbocycles. The quantitative estimate of drug-likeness (QED) is 0.221. The highest BCUT2D eigenvalue weighted by Gasteiger charge is 2.20. The monoisotopic (exact) mass is 470 g/mol. The maximum Gasteiger partial charge on any atom is 0.191 e. The van der Waals surface area contributed by atoms with Gasteiger partial charge in [0.25, 0.3) is 0 Å². The molecule has 0 bridgehead atoms. The van der Waals surface area contributed by atoms with Crippen LogP contribution in [0, 0.1) is 11.8 Å². The standard InChI is InChI=1S/C18H38N4S.HI/c1-5-19-18(20-9-6-7-12-23-4)21-10-8-11-22-14-16(2)13-17(3)15-22;/h16-17H,5-15H2,1-4H3,(H2,19,20,21);1H. The van der Waals surface area contributed by atoms with E-state index >= 15 is 0 Å². The van der Waals surface area contributed by atoms with Gasteiger partial charge in [-0.15, -0.1) is 24.0 Å². The van der Waals surface area contributed by atoms with Crippen molar-refractivity contribution in [1.82, 2.24) is 15.5 Å². The Balaban J connectivity index is 0.00000529. The van der Waals surface area contributed by atoms with Gasteiger partial charge in [-0.05, 0) is 63.0 Å². The van der Waals surface area contributed by atoms with Crippen molar-refractivity contribution in [2.75, 3.05) is 51.3 Å². The molecule has 1 saturated heterocycles. The molecule has 1 rings (SSSR count). The Labute approximate surface area is 171 Å². The third kappa shape index (κ3) is 11.8. The minimum Gasteiger partial charge on any atom is -0.357 e. The van der Waals surface area contributed by atoms with Crippen LogP contribution in [0.25, 0.3) is 0 Å². The largest absolute Gasteiger partial charge is 0.357 e. The molecule has 0 radical (unpaired) electrons. The molecule has 2 N–H and O–H groups in total. The summed E-state index contributed by atoms with van der Waals surface area (Å²) >= 11 is 1.92. The molecule has 0 aromatic rings. The van der Waals surface area contributed by atoms with Crippen LogP contribution in [-0.4, -0.2) is 62.1 Å². The van der Waals surface area contributed by atoms with E-state index in [1.807, 2.05) is 11.8 Å². The van der Waals surface area contributed by atoms with Gasteiger partial charge in [-0.3, -0.25) is 4.99 Å². The fraction of sp³-hybridized carbons (Fsp3) is 0.944. The van der Waals surface area contributed by atoms with Crippen LogP contribution in [0.4, 0.5) is 0 Å². The molecular formula is C18H39IN4S. The molecule has 0 amide bonds. The number of hydrogen-bond donors (Lipinski definition) is 2. The third-order valence-electron chi connectivity index (χ3n) is 4.26. The Morgan fingerprint density at radius 3 is 2.46 bits per heavy atom. The first-order valence-electron chi connectivity index (χ1n) is 9.39. The van der Waals surface area contributed by atoms with E-state index in [0.29, 0.717) is 0 Å². The molecule has 0 spiro atoms. The second kappa shape index (κ2) is 15.6. The molecule has 2 unspecified atom stereocenters. The molecule has 1 aliphatic heterocycles. The van der Waals surface area contributed by atoms with Crippen molar-refractivity contribution < 1.29 is 0 Å². The van der Waals surface area contributed by atoms with Crippen molar-refractivity contribution in [3.63, 3.8) is 0 Å². The second-order valence-corrected chi connectivity index (χ2v) is 7.93. The number of aliphatic imine (C=N–C) groups is 1. The highest BCUT2D eigenvalue weighted by Crippen LogP contribution is 2.20. The van der Waals surface area contributed by atoms with Crippen LogP contribution in [0.2, 0.25) is 0 Å². The Bertz CT molecular complexity index is 318. The lowest BCUT2D eigenvalue weighted by Crippen LogP contribution is -2.40. The van der Waals surface area contributed by atoms with Crippen molar-refractivity contribution in [2.24, 2.45) is 16.8 Å². The van der Waals surface area contributed by atoms with Gasteiger partial charge in [0, 0.05) is 32.7 Å². The number of piperidine rings is 1. The number of guanidine groups is 1. The molecule has 4 nitrogen and oxygen atoms in total. The summed E-state index contributed by atoms with van der Waals surface area (Å²) in [6.07, 6.45) is 7.21. The number of unbranched alkanes of at least 4 members (excludes halogenated alkanes) is 1. The summed E-state index contributed by atoms with van der Waals surface area (Å²) in [5, 5.41) is 6.79. The van der Waals surface area contributed by atoms with Gasteiger partial charge in [0.1, 0.15) is 0 Å². The summed E-state index contributed by atoms with van der Waals surface area (Å²) in [5.41, 5.74) is 0. The van der Waals surface area contributed by atoms with Gasteiger partial charge in [0.2, 0.25) is 0 Å². The van der Waals surface area contributed by atoms with E-state index in [1.54, 1.807) is 0 Å². The lowest BCUT2D eigenvalue weighted by atomic mass is 9.92. The van der Waals surface area contributed by atoms with Crippen LogP contribution in [0.15, 0.2) is 4.99 Å². The minimum absolute atomic E-state index is 0. The summed E-state index contributed by atoms with van der Waals surface area (Å²) in [7, 11) is 0. The summed E-state index contributed by atoms with van der Waals surface area (Å²) in [6, 6.07) is 0. The lowest BCUT2D eigenvalue weighted by molar-refractivity contribution is 0.140. The second-order valence-electron chi connectivity index (χ2n) is 6.95. The van der Waals surface area contributed by atoms with Gasteiger partial charge >= 0.3 is 0 Å². The highest BCUT2D eigenvalue weighted by atomic mass is 127. The molecule has 144 valence electrons. The SMILES string of the molecule is CCNC(=NCCCN1CC(C)CC(C)C1)NCCCCSC.I. The van der Waals surface area contributed by atoms with Gasteiger partial charge in [-0.25, -0.2) is 0 Å². The van der Waals surface area contributed by atoms with Crippen LogP contribution >= 0.6 is 35.7 Å². The molecule has 2 atom stereocenters. The highest BCUT2D eigenvalue weighted by molar-refractivity contribution is 14.0. The fourth-order valence-electron chi connectivity index (χ4n) is 3.38. The number of halogens is 1. The minimum atomic E-state index is 0. The van der Waals surface area contributed by atoms with Crippen molar-refractivity contribution in [3.05, 3.63) is 0 Å². The van der Waals surface area contributed by atoms with Crippen LogP contribution in [0.3, 0.4) is 0 Å². The summed E-state index contributed by atoms with van der Waals surface area (Å²) < 4.78 is 0. The number of rotatable bonds is 10. The van der Waals surface area contributed by atoms with E-state index in [-0.39, 0.29) is 24.0 Å². The predicted molar refractivity (Wildman–Crippen MR) is 121 cm³/mol. The zero-order chi connectivity index (χ0) is 16.9. The van der Waals surface area contributed by atoms with Crippen LogP contribution in [-0.2, 0) is 0 Å². The first-order chi connectivity index (χ1) is 11.2. The zero-order valence-corrected chi connectivity index (χ0v) is 19.3. The van der Waals surface area contributed by atoms with E-state index < -0.39 is 0 Å². The molecule has 24 heavy (non-hydrogen) atoms. The number of thioether (sulfide) groups is 1. The topological polar surface area (TPSA) is 39.7 Å². The predicted octanol–water partition coefficient (Wildman–Crippen LogP) is 3.67. The van der Waals surface area contributed by atoms with E-state index in [4.69, 9.17) is 4.99 Å². The van der Waals surface area contributed by atoms with Crippen molar-refractivity contribution in [3.8, 4) is 0 Å². The van der Waals surface area contributed by atoms with Gasteiger partial charge in [0.15, 0.2) is 5.96 Å². The molecule has 0 saturated carbocycles. The first kappa shape index (κ1) is 24.3. The summed E-state index contributed by atoms with van der Waals surface area (Å²) in [6.45, 7) is 13.5. The van der Waals surface area contributed by atoms with E-state index in [0.717, 1.165) is 43.9 Å². The van der Waals surface area contributed by atoms with Crippen molar-refractivity contribution in [1.29, 1.82) is 0 Å². The third-order valence-corrected chi connectivity index (χ3v) is 4.96. The molecule has 1 fully saturated rings. The van der Waals surface area contributed by atoms with E-state index in [9.17, 15) is 0 Å². The Morgan fingerprint density at radius 1 is 1.12 bits per heavy atom. The van der Waals surface area contributed by atoms with Crippen LogP contribution in [0.5, 0.6) is 0 Å². The average molecular weight is 471 g/mol. The van der Waals surface area contributed by atoms with Gasteiger partial charge in [-0.1, -0.05) is 13.8 Å². The van der Waals surface area contributed by atoms with E-state index in [2.05, 4.69) is 42.6 Å². The normalized spacial score (nSPS) is 22.1.